The van der Waals surface area contributed by atoms with Crippen molar-refractivity contribution >= 4 is 30.4 Å². The Morgan fingerprint density at radius 2 is 0.500 bits per heavy atom. The van der Waals surface area contributed by atoms with Crippen LogP contribution in [0, 0.1) is 0 Å². The van der Waals surface area contributed by atoms with Crippen molar-refractivity contribution in [3.8, 4) is 0 Å². The van der Waals surface area contributed by atoms with Gasteiger partial charge in [0, 0.05) is 21.5 Å². The van der Waals surface area contributed by atoms with Gasteiger partial charge in [0.15, 0.2) is 0 Å². The van der Waals surface area contributed by atoms with E-state index in [4.69, 9.17) is 28.4 Å². The van der Waals surface area contributed by atoms with Crippen molar-refractivity contribution in [1.82, 2.24) is 0 Å². The third-order valence-electron chi connectivity index (χ3n) is 2.23. The molecule has 0 amide bonds. The zero-order valence-electron chi connectivity index (χ0n) is 13.1. The first kappa shape index (κ1) is 29.5. The number of ether oxygens (including phenoxy) is 6. The van der Waals surface area contributed by atoms with Gasteiger partial charge in [0.25, 0.3) is 0 Å². The van der Waals surface area contributed by atoms with Crippen molar-refractivity contribution < 1.29 is 92.2 Å². The van der Waals surface area contributed by atoms with Crippen LogP contribution in [0.3, 0.4) is 0 Å². The maximum Gasteiger partial charge on any atom is 1.00 e. The molecule has 0 aliphatic carbocycles. The predicted molar refractivity (Wildman–Crippen MR) is 84.8 cm³/mol. The summed E-state index contributed by atoms with van der Waals surface area (Å²) < 4.78 is 32.0. The van der Waals surface area contributed by atoms with Crippen LogP contribution >= 0.6 is 30.4 Å². The smallest absolute Gasteiger partial charge is 1.00 e. The Morgan fingerprint density at radius 3 is 0.591 bits per heavy atom. The first-order valence-electron chi connectivity index (χ1n) is 6.61. The maximum atomic E-state index is 5.33. The molecule has 1 fully saturated rings. The first-order chi connectivity index (χ1) is 10.0. The summed E-state index contributed by atoms with van der Waals surface area (Å²) in [4.78, 5) is 0. The van der Waals surface area contributed by atoms with Crippen molar-refractivity contribution in [2.75, 3.05) is 79.3 Å². The second kappa shape index (κ2) is 28.5. The fourth-order valence-electron chi connectivity index (χ4n) is 1.32. The molecule has 10 heteroatoms. The van der Waals surface area contributed by atoms with Crippen molar-refractivity contribution in [3.05, 3.63) is 0 Å². The summed E-state index contributed by atoms with van der Waals surface area (Å²) in [6, 6.07) is 0. The molecule has 22 heavy (non-hydrogen) atoms. The van der Waals surface area contributed by atoms with E-state index < -0.39 is 0 Å². The Hall–Kier alpha value is 2.71. The van der Waals surface area contributed by atoms with Crippen molar-refractivity contribution in [2.24, 2.45) is 0 Å². The zero-order chi connectivity index (χ0) is 14.7. The molecule has 1 saturated heterocycles. The summed E-state index contributed by atoms with van der Waals surface area (Å²) >= 11 is 1.62. The molecule has 0 atom stereocenters. The molecule has 130 valence electrons. The van der Waals surface area contributed by atoms with Gasteiger partial charge in [-0.1, -0.05) is 0 Å². The van der Waals surface area contributed by atoms with Crippen LogP contribution in [-0.2, 0) is 28.4 Å². The Kier molecular flexibility index (Phi) is 38.2. The fraction of sp³-hybridized carbons (Fsp3) is 1.00. The van der Waals surface area contributed by atoms with Crippen LogP contribution in [0.25, 0.3) is 0 Å². The molecule has 0 spiro atoms. The molecule has 1 heterocycles. The third-order valence-corrected chi connectivity index (χ3v) is 2.23. The predicted octanol–water partition coefficient (Wildman–Crippen LogP) is -4.32. The molecule has 0 radical (unpaired) electrons. The average Bonchev–Trinajstić information content (AvgIpc) is 2.49. The maximum absolute atomic E-state index is 5.33. The van der Waals surface area contributed by atoms with Gasteiger partial charge in [-0.15, -0.1) is 0 Å². The van der Waals surface area contributed by atoms with Gasteiger partial charge in [0.05, 0.1) is 79.3 Å². The monoisotopic (exact) mass is 500 g/mol. The zero-order valence-corrected chi connectivity index (χ0v) is 19.9. The van der Waals surface area contributed by atoms with Gasteiger partial charge < -0.3 is 40.8 Å². The van der Waals surface area contributed by atoms with Gasteiger partial charge in [0.1, 0.15) is 0 Å². The van der Waals surface area contributed by atoms with Crippen LogP contribution in [0.5, 0.6) is 0 Å². The van der Waals surface area contributed by atoms with Crippen LogP contribution < -0.4 is 63.8 Å². The molecule has 1 aliphatic heterocycles. The summed E-state index contributed by atoms with van der Waals surface area (Å²) in [5.74, 6) is 0. The van der Waals surface area contributed by atoms with Gasteiger partial charge in [-0.2, -0.15) is 0 Å². The molecule has 0 saturated carbocycles. The van der Waals surface area contributed by atoms with E-state index in [1.807, 2.05) is 0 Å². The number of hydrogen-bond acceptors (Lipinski definition) is 6. The molecule has 0 N–H and O–H groups in total. The Morgan fingerprint density at radius 1 is 0.409 bits per heavy atom. The number of halogens is 3. The van der Waals surface area contributed by atoms with Crippen LogP contribution in [0.1, 0.15) is 0 Å². The largest absolute Gasteiger partial charge is 1.00 e. The van der Waals surface area contributed by atoms with E-state index in [0.29, 0.717) is 79.3 Å². The molecule has 0 aromatic carbocycles. The fourth-order valence-corrected chi connectivity index (χ4v) is 1.32. The van der Waals surface area contributed by atoms with E-state index in [2.05, 4.69) is 8.91 Å². The second-order valence-electron chi connectivity index (χ2n) is 3.67. The minimum atomic E-state index is 0. The molecular weight excluding hydrogens is 477 g/mol. The Bertz CT molecular complexity index is 113. The van der Waals surface area contributed by atoms with Crippen molar-refractivity contribution in [3.63, 3.8) is 0 Å². The van der Waals surface area contributed by atoms with E-state index >= 15 is 0 Å². The van der Waals surface area contributed by atoms with E-state index in [1.165, 1.54) is 0 Å². The van der Waals surface area contributed by atoms with Crippen molar-refractivity contribution in [1.29, 1.82) is 0 Å². The standard InChI is InChI=1S/C12H24O6.ClI.ClH.K/c1-2-14-5-6-16-9-10-18-12-11-17-8-7-15-4-3-13-1;1-2;;/h1-12H2;;1H;/q;;;+1/p-1. The quantitative estimate of drug-likeness (QED) is 0.248. The summed E-state index contributed by atoms with van der Waals surface area (Å²) in [7, 11) is 4.61. The molecular formula is C12H24Cl2IKO6. The minimum absolute atomic E-state index is 0. The molecule has 1 rings (SSSR count). The van der Waals surface area contributed by atoms with E-state index in [1.54, 1.807) is 21.5 Å². The Balaban J connectivity index is -0.000000864. The van der Waals surface area contributed by atoms with Gasteiger partial charge in [-0.05, 0) is 8.91 Å². The SMILES string of the molecule is C1COCCOCCOCCOCCOCCO1.ClI.[Cl-].[K+]. The molecule has 0 aromatic rings. The van der Waals surface area contributed by atoms with E-state index in [-0.39, 0.29) is 63.8 Å². The van der Waals surface area contributed by atoms with Crippen LogP contribution in [-0.4, -0.2) is 79.3 Å². The summed E-state index contributed by atoms with van der Waals surface area (Å²) in [5, 5.41) is 0. The second-order valence-corrected chi connectivity index (χ2v) is 3.67. The summed E-state index contributed by atoms with van der Waals surface area (Å²) in [5.41, 5.74) is 0. The van der Waals surface area contributed by atoms with Gasteiger partial charge in [-0.3, -0.25) is 0 Å². The first-order valence-corrected chi connectivity index (χ1v) is 9.34. The van der Waals surface area contributed by atoms with Crippen LogP contribution in [0.4, 0.5) is 0 Å². The number of rotatable bonds is 0. The van der Waals surface area contributed by atoms with Gasteiger partial charge >= 0.3 is 51.4 Å². The van der Waals surface area contributed by atoms with Crippen LogP contribution in [0.2, 0.25) is 0 Å². The summed E-state index contributed by atoms with van der Waals surface area (Å²) in [6.07, 6.45) is 0. The molecule has 1 aliphatic rings. The topological polar surface area (TPSA) is 55.4 Å². The Labute approximate surface area is 199 Å². The molecule has 6 nitrogen and oxygen atoms in total. The van der Waals surface area contributed by atoms with Crippen molar-refractivity contribution in [2.45, 2.75) is 0 Å². The molecule has 0 bridgehead atoms. The molecule has 0 unspecified atom stereocenters. The number of hydrogen-bond donors (Lipinski definition) is 0. The normalized spacial score (nSPS) is 19.9. The molecule has 0 aromatic heterocycles. The van der Waals surface area contributed by atoms with E-state index in [9.17, 15) is 0 Å². The third kappa shape index (κ3) is 25.0. The van der Waals surface area contributed by atoms with Gasteiger partial charge in [0.2, 0.25) is 0 Å². The van der Waals surface area contributed by atoms with Crippen LogP contribution in [0.15, 0.2) is 0 Å². The summed E-state index contributed by atoms with van der Waals surface area (Å²) in [6.45, 7) is 7.04. The van der Waals surface area contributed by atoms with E-state index in [0.717, 1.165) is 0 Å². The average molecular weight is 501 g/mol. The minimum Gasteiger partial charge on any atom is -1.00 e. The van der Waals surface area contributed by atoms with Gasteiger partial charge in [-0.25, -0.2) is 0 Å².